The largest absolute Gasteiger partial charge is 0.369 e. The SMILES string of the molecule is CCNc1cncc(C(=O)Nc2c(Cl)ccc(C)c2Cl)n1. The van der Waals surface area contributed by atoms with Crippen molar-refractivity contribution in [2.24, 2.45) is 0 Å². The van der Waals surface area contributed by atoms with Crippen LogP contribution in [0, 0.1) is 6.92 Å². The summed E-state index contributed by atoms with van der Waals surface area (Å²) in [6.45, 7) is 4.45. The van der Waals surface area contributed by atoms with Crippen molar-refractivity contribution in [1.29, 1.82) is 0 Å². The molecule has 0 spiro atoms. The third kappa shape index (κ3) is 3.62. The Hall–Kier alpha value is -1.85. The zero-order chi connectivity index (χ0) is 15.4. The summed E-state index contributed by atoms with van der Waals surface area (Å²) < 4.78 is 0. The minimum absolute atomic E-state index is 0.182. The molecule has 110 valence electrons. The molecule has 21 heavy (non-hydrogen) atoms. The molecule has 2 aromatic rings. The van der Waals surface area contributed by atoms with Gasteiger partial charge in [-0.1, -0.05) is 29.3 Å². The number of carbonyl (C=O) groups is 1. The Morgan fingerprint density at radius 2 is 2.05 bits per heavy atom. The van der Waals surface area contributed by atoms with Crippen LogP contribution >= 0.6 is 23.2 Å². The number of nitrogens with zero attached hydrogens (tertiary/aromatic N) is 2. The molecule has 7 heteroatoms. The van der Waals surface area contributed by atoms with Gasteiger partial charge in [0, 0.05) is 6.54 Å². The first-order valence-electron chi connectivity index (χ1n) is 6.34. The molecule has 1 aromatic carbocycles. The normalized spacial score (nSPS) is 10.3. The fourth-order valence-corrected chi connectivity index (χ4v) is 2.16. The Balaban J connectivity index is 2.26. The maximum absolute atomic E-state index is 12.2. The van der Waals surface area contributed by atoms with E-state index in [0.717, 1.165) is 5.56 Å². The third-order valence-corrected chi connectivity index (χ3v) is 3.55. The standard InChI is InChI=1S/C14H14Cl2N4O/c1-3-18-11-7-17-6-10(19-11)14(21)20-13-9(15)5-4-8(2)12(13)16/h4-7H,3H2,1-2H3,(H,18,19)(H,20,21). The molecule has 0 unspecified atom stereocenters. The first-order valence-corrected chi connectivity index (χ1v) is 7.10. The molecule has 1 amide bonds. The molecule has 1 aromatic heterocycles. The fraction of sp³-hybridized carbons (Fsp3) is 0.214. The molecular weight excluding hydrogens is 311 g/mol. The first-order chi connectivity index (χ1) is 10.0. The lowest BCUT2D eigenvalue weighted by molar-refractivity contribution is 0.102. The van der Waals surface area contributed by atoms with Crippen LogP contribution < -0.4 is 10.6 Å². The second-order valence-corrected chi connectivity index (χ2v) is 5.11. The van der Waals surface area contributed by atoms with Gasteiger partial charge < -0.3 is 10.6 Å². The van der Waals surface area contributed by atoms with Crippen molar-refractivity contribution in [3.63, 3.8) is 0 Å². The van der Waals surface area contributed by atoms with E-state index in [1.165, 1.54) is 6.20 Å². The Labute approximate surface area is 132 Å². The quantitative estimate of drug-likeness (QED) is 0.898. The Kier molecular flexibility index (Phi) is 4.98. The molecule has 0 aliphatic carbocycles. The van der Waals surface area contributed by atoms with Crippen molar-refractivity contribution < 1.29 is 4.79 Å². The van der Waals surface area contributed by atoms with Crippen LogP contribution in [0.15, 0.2) is 24.5 Å². The Bertz CT molecular complexity index is 676. The summed E-state index contributed by atoms with van der Waals surface area (Å²) in [5.41, 5.74) is 1.38. The summed E-state index contributed by atoms with van der Waals surface area (Å²) in [4.78, 5) is 20.4. The van der Waals surface area contributed by atoms with Crippen LogP contribution in [0.2, 0.25) is 10.0 Å². The Morgan fingerprint density at radius 3 is 2.76 bits per heavy atom. The van der Waals surface area contributed by atoms with Gasteiger partial charge in [-0.15, -0.1) is 0 Å². The maximum atomic E-state index is 12.2. The van der Waals surface area contributed by atoms with E-state index in [1.54, 1.807) is 18.3 Å². The highest BCUT2D eigenvalue weighted by Gasteiger charge is 2.14. The van der Waals surface area contributed by atoms with E-state index in [2.05, 4.69) is 20.6 Å². The van der Waals surface area contributed by atoms with Crippen LogP contribution in [-0.4, -0.2) is 22.4 Å². The lowest BCUT2D eigenvalue weighted by atomic mass is 10.2. The zero-order valence-corrected chi connectivity index (χ0v) is 13.1. The van der Waals surface area contributed by atoms with Gasteiger partial charge >= 0.3 is 0 Å². The van der Waals surface area contributed by atoms with Crippen LogP contribution in [0.25, 0.3) is 0 Å². The number of aromatic nitrogens is 2. The third-order valence-electron chi connectivity index (χ3n) is 2.75. The van der Waals surface area contributed by atoms with Crippen LogP contribution in [0.5, 0.6) is 0 Å². The molecule has 0 atom stereocenters. The highest BCUT2D eigenvalue weighted by atomic mass is 35.5. The number of rotatable bonds is 4. The fourth-order valence-electron chi connectivity index (χ4n) is 1.69. The number of amides is 1. The lowest BCUT2D eigenvalue weighted by Gasteiger charge is -2.11. The van der Waals surface area contributed by atoms with Crippen LogP contribution in [-0.2, 0) is 0 Å². The highest BCUT2D eigenvalue weighted by molar-refractivity contribution is 6.40. The summed E-state index contributed by atoms with van der Waals surface area (Å²) in [5, 5.41) is 6.44. The number of carbonyl (C=O) groups excluding carboxylic acids is 1. The molecule has 2 rings (SSSR count). The molecule has 0 radical (unpaired) electrons. The number of halogens is 2. The van der Waals surface area contributed by atoms with Crippen LogP contribution in [0.1, 0.15) is 23.0 Å². The van der Waals surface area contributed by atoms with Crippen molar-refractivity contribution in [1.82, 2.24) is 9.97 Å². The average Bonchev–Trinajstić information content (AvgIpc) is 2.48. The van der Waals surface area contributed by atoms with Gasteiger partial charge in [0.1, 0.15) is 11.5 Å². The lowest BCUT2D eigenvalue weighted by Crippen LogP contribution is -2.16. The zero-order valence-electron chi connectivity index (χ0n) is 11.6. The van der Waals surface area contributed by atoms with Gasteiger partial charge in [0.15, 0.2) is 0 Å². The van der Waals surface area contributed by atoms with Crippen molar-refractivity contribution in [2.75, 3.05) is 17.2 Å². The van der Waals surface area contributed by atoms with E-state index < -0.39 is 5.91 Å². The summed E-state index contributed by atoms with van der Waals surface area (Å²) in [5.74, 6) is 0.114. The average molecular weight is 325 g/mol. The number of nitrogens with one attached hydrogen (secondary N) is 2. The maximum Gasteiger partial charge on any atom is 0.276 e. The number of hydrogen-bond donors (Lipinski definition) is 2. The van der Waals surface area contributed by atoms with Gasteiger partial charge in [-0.25, -0.2) is 4.98 Å². The summed E-state index contributed by atoms with van der Waals surface area (Å²) in [6.07, 6.45) is 2.93. The van der Waals surface area contributed by atoms with Gasteiger partial charge in [0.25, 0.3) is 5.91 Å². The van der Waals surface area contributed by atoms with Gasteiger partial charge in [-0.05, 0) is 25.5 Å². The number of benzene rings is 1. The monoisotopic (exact) mass is 324 g/mol. The predicted octanol–water partition coefficient (Wildman–Crippen LogP) is 3.78. The van der Waals surface area contributed by atoms with Crippen LogP contribution in [0.3, 0.4) is 0 Å². The number of anilines is 2. The molecule has 2 N–H and O–H groups in total. The minimum atomic E-state index is -0.420. The van der Waals surface area contributed by atoms with E-state index in [-0.39, 0.29) is 5.69 Å². The molecular formula is C14H14Cl2N4O. The number of aryl methyl sites for hydroxylation is 1. The molecule has 0 saturated carbocycles. The molecule has 0 bridgehead atoms. The second-order valence-electron chi connectivity index (χ2n) is 4.33. The van der Waals surface area contributed by atoms with Gasteiger partial charge in [0.05, 0.1) is 28.1 Å². The minimum Gasteiger partial charge on any atom is -0.369 e. The molecule has 1 heterocycles. The van der Waals surface area contributed by atoms with Gasteiger partial charge in [-0.3, -0.25) is 9.78 Å². The summed E-state index contributed by atoms with van der Waals surface area (Å²) in [6, 6.07) is 3.46. The summed E-state index contributed by atoms with van der Waals surface area (Å²) in [7, 11) is 0. The molecule has 0 aliphatic rings. The molecule has 0 fully saturated rings. The van der Waals surface area contributed by atoms with E-state index in [9.17, 15) is 4.79 Å². The summed E-state index contributed by atoms with van der Waals surface area (Å²) >= 11 is 12.2. The van der Waals surface area contributed by atoms with Crippen LogP contribution in [0.4, 0.5) is 11.5 Å². The highest BCUT2D eigenvalue weighted by Crippen LogP contribution is 2.33. The molecule has 0 aliphatic heterocycles. The van der Waals surface area contributed by atoms with Gasteiger partial charge in [0.2, 0.25) is 0 Å². The van der Waals surface area contributed by atoms with E-state index in [4.69, 9.17) is 23.2 Å². The van der Waals surface area contributed by atoms with Crippen molar-refractivity contribution in [3.8, 4) is 0 Å². The van der Waals surface area contributed by atoms with Crippen molar-refractivity contribution in [3.05, 3.63) is 45.8 Å². The molecule has 0 saturated heterocycles. The van der Waals surface area contributed by atoms with Gasteiger partial charge in [-0.2, -0.15) is 0 Å². The Morgan fingerprint density at radius 1 is 1.29 bits per heavy atom. The van der Waals surface area contributed by atoms with Crippen molar-refractivity contribution in [2.45, 2.75) is 13.8 Å². The number of hydrogen-bond acceptors (Lipinski definition) is 4. The molecule has 5 nitrogen and oxygen atoms in total. The van der Waals surface area contributed by atoms with E-state index >= 15 is 0 Å². The predicted molar refractivity (Wildman–Crippen MR) is 85.3 cm³/mol. The second kappa shape index (κ2) is 6.74. The smallest absolute Gasteiger partial charge is 0.276 e. The van der Waals surface area contributed by atoms with E-state index in [0.29, 0.717) is 28.1 Å². The van der Waals surface area contributed by atoms with Crippen molar-refractivity contribution >= 4 is 40.6 Å². The topological polar surface area (TPSA) is 66.9 Å². The first kappa shape index (κ1) is 15.5. The van der Waals surface area contributed by atoms with E-state index in [1.807, 2.05) is 13.8 Å².